The van der Waals surface area contributed by atoms with Crippen LogP contribution in [0, 0.1) is 0 Å². The lowest BCUT2D eigenvalue weighted by atomic mass is 9.95. The lowest BCUT2D eigenvalue weighted by Crippen LogP contribution is -2.34. The zero-order valence-corrected chi connectivity index (χ0v) is 41.5. The van der Waals surface area contributed by atoms with Gasteiger partial charge in [0, 0.05) is 63.7 Å². The number of hydrogen-bond donors (Lipinski definition) is 1. The van der Waals surface area contributed by atoms with Gasteiger partial charge in [0.05, 0.1) is 38.7 Å². The number of aliphatic imine (C=N–C) groups is 2. The van der Waals surface area contributed by atoms with E-state index in [1.807, 2.05) is 11.3 Å². The van der Waals surface area contributed by atoms with Crippen molar-refractivity contribution in [1.82, 2.24) is 14.5 Å². The minimum atomic E-state index is -0.488. The molecule has 5 heterocycles. The van der Waals surface area contributed by atoms with E-state index in [1.54, 1.807) is 0 Å². The molecule has 12 aromatic carbocycles. The summed E-state index contributed by atoms with van der Waals surface area (Å²) in [5, 5.41) is 20.2. The van der Waals surface area contributed by atoms with Gasteiger partial charge in [0.2, 0.25) is 0 Å². The van der Waals surface area contributed by atoms with Gasteiger partial charge < -0.3 is 18.9 Å². The van der Waals surface area contributed by atoms with Gasteiger partial charge in [-0.1, -0.05) is 170 Å². The van der Waals surface area contributed by atoms with Gasteiger partial charge in [-0.3, -0.25) is 0 Å². The first-order valence-electron chi connectivity index (χ1n) is 25.8. The third kappa shape index (κ3) is 5.97. The molecule has 0 spiro atoms. The quantitative estimate of drug-likeness (QED) is 0.187. The van der Waals surface area contributed by atoms with E-state index in [0.29, 0.717) is 11.7 Å². The van der Waals surface area contributed by atoms with E-state index in [4.69, 9.17) is 14.4 Å². The van der Waals surface area contributed by atoms with Gasteiger partial charge in [0.15, 0.2) is 5.84 Å². The Morgan fingerprint density at radius 3 is 1.96 bits per heavy atom. The summed E-state index contributed by atoms with van der Waals surface area (Å²) in [7, 11) is 0. The molecule has 0 aliphatic carbocycles. The van der Waals surface area contributed by atoms with Gasteiger partial charge in [0.25, 0.3) is 0 Å². The lowest BCUT2D eigenvalue weighted by molar-refractivity contribution is 0.660. The minimum absolute atomic E-state index is 0.488. The summed E-state index contributed by atoms with van der Waals surface area (Å²) in [6, 6.07) is 85.6. The Balaban J connectivity index is 0.963. The Bertz CT molecular complexity index is 5230. The highest BCUT2D eigenvalue weighted by atomic mass is 32.1. The topological polar surface area (TPSA) is 59.8 Å². The Morgan fingerprint density at radius 1 is 0.421 bits per heavy atom. The fraction of sp³-hybridized carbons (Fsp3) is 0.0145. The summed E-state index contributed by atoms with van der Waals surface area (Å²) in [5.74, 6) is 1.33. The number of hydrogen-bond acceptors (Lipinski definition) is 5. The number of furan rings is 1. The number of aromatic nitrogens is 2. The molecular formula is C69H41N5OS. The minimum Gasteiger partial charge on any atom is -0.455 e. The number of benzene rings is 12. The molecule has 0 amide bonds. The molecule has 354 valence electrons. The Kier molecular flexibility index (Phi) is 8.68. The maximum Gasteiger partial charge on any atom is 0.159 e. The van der Waals surface area contributed by atoms with Crippen molar-refractivity contribution in [1.29, 1.82) is 0 Å². The van der Waals surface area contributed by atoms with Crippen LogP contribution in [0.25, 0.3) is 129 Å². The van der Waals surface area contributed by atoms with Crippen molar-refractivity contribution in [3.05, 3.63) is 253 Å². The predicted molar refractivity (Wildman–Crippen MR) is 320 cm³/mol. The molecule has 0 saturated carbocycles. The van der Waals surface area contributed by atoms with Crippen molar-refractivity contribution in [2.45, 2.75) is 6.17 Å². The number of nitrogens with zero attached hydrogens (tertiary/aromatic N) is 4. The molecule has 16 aromatic rings. The summed E-state index contributed by atoms with van der Waals surface area (Å²) in [6.07, 6.45) is -0.488. The summed E-state index contributed by atoms with van der Waals surface area (Å²) < 4.78 is 14.7. The van der Waals surface area contributed by atoms with Crippen LogP contribution in [0.4, 0.5) is 0 Å². The molecular weight excluding hydrogens is 947 g/mol. The largest absolute Gasteiger partial charge is 0.455 e. The van der Waals surface area contributed by atoms with Crippen molar-refractivity contribution in [3.8, 4) is 11.4 Å². The monoisotopic (exact) mass is 987 g/mol. The van der Waals surface area contributed by atoms with Crippen LogP contribution in [0.15, 0.2) is 251 Å². The van der Waals surface area contributed by atoms with Crippen LogP contribution in [0.1, 0.15) is 22.9 Å². The van der Waals surface area contributed by atoms with E-state index in [0.717, 1.165) is 82.8 Å². The Hall–Kier alpha value is -9.82. The zero-order chi connectivity index (χ0) is 49.6. The fourth-order valence-corrected chi connectivity index (χ4v) is 13.6. The van der Waals surface area contributed by atoms with Crippen molar-refractivity contribution in [2.24, 2.45) is 9.98 Å². The van der Waals surface area contributed by atoms with Gasteiger partial charge in [-0.05, 0) is 99.2 Å². The van der Waals surface area contributed by atoms with E-state index in [2.05, 4.69) is 251 Å². The van der Waals surface area contributed by atoms with Crippen LogP contribution >= 0.6 is 11.3 Å². The molecule has 6 nitrogen and oxygen atoms in total. The van der Waals surface area contributed by atoms with Crippen LogP contribution in [0.5, 0.6) is 0 Å². The molecule has 0 bridgehead atoms. The molecule has 1 N–H and O–H groups in total. The van der Waals surface area contributed by atoms with Gasteiger partial charge in [0.1, 0.15) is 23.2 Å². The molecule has 1 aliphatic heterocycles. The van der Waals surface area contributed by atoms with Crippen molar-refractivity contribution in [2.75, 3.05) is 0 Å². The van der Waals surface area contributed by atoms with Crippen molar-refractivity contribution >= 4 is 141 Å². The van der Waals surface area contributed by atoms with Crippen LogP contribution in [0.2, 0.25) is 0 Å². The maximum atomic E-state index is 7.31. The van der Waals surface area contributed by atoms with E-state index in [1.165, 1.54) is 63.3 Å². The second-order valence-electron chi connectivity index (χ2n) is 20.0. The normalized spacial score (nSPS) is 14.2. The molecule has 17 rings (SSSR count). The molecule has 1 unspecified atom stereocenters. The first-order chi connectivity index (χ1) is 37.7. The molecule has 0 radical (unpaired) electrons. The number of nitrogens with one attached hydrogen (secondary N) is 1. The van der Waals surface area contributed by atoms with Gasteiger partial charge in [-0.25, -0.2) is 9.98 Å². The number of amidine groups is 2. The summed E-state index contributed by atoms with van der Waals surface area (Å²) >= 11 is 1.82. The second-order valence-corrected chi connectivity index (χ2v) is 21.1. The lowest BCUT2D eigenvalue weighted by Gasteiger charge is -2.25. The number of fused-ring (bicyclic) bond motifs is 16. The summed E-state index contributed by atoms with van der Waals surface area (Å²) in [5.41, 5.74) is 11.1. The first kappa shape index (κ1) is 41.6. The van der Waals surface area contributed by atoms with E-state index >= 15 is 0 Å². The number of rotatable bonds is 5. The van der Waals surface area contributed by atoms with Gasteiger partial charge in [-0.15, -0.1) is 11.3 Å². The SMILES string of the molecule is c1ccc(-n2c3ccccc3c3ccc(C4=NC(c5ccc6sc7ccccc7c6c5)NC(c5c6ccccc6c(-n6c7cc8ccccc8cc7c7c8ccccc8ccc76)c6c5oc5ccccc56)=N4)cc32)cc1. The number of para-hydroxylation sites is 3. The maximum absolute atomic E-state index is 7.31. The number of thiophene rings is 1. The van der Waals surface area contributed by atoms with E-state index < -0.39 is 6.17 Å². The van der Waals surface area contributed by atoms with Crippen LogP contribution in [-0.4, -0.2) is 20.8 Å². The predicted octanol–water partition coefficient (Wildman–Crippen LogP) is 18.1. The highest BCUT2D eigenvalue weighted by Crippen LogP contribution is 2.47. The standard InChI is InChI=1S/C69H41N5OS/c1-2-19-45(20-3-1)73-55-27-13-10-22-47(55)48-33-30-44(39-57(48)73)68-70-67(43-32-35-61-53(37-43)49-23-12-15-29-60(49)76-61)71-69(72-68)64-50-24-8-9-25-51(50)65(63-52-26-11-14-28-59(52)75-66(63)64)74-56-34-31-40-16-6-7-21-46(40)62(56)54-36-41-17-4-5-18-42(41)38-58(54)74/h1-39,67H,(H,70,71,72). The van der Waals surface area contributed by atoms with Crippen LogP contribution in [0.3, 0.4) is 0 Å². The molecule has 76 heavy (non-hydrogen) atoms. The van der Waals surface area contributed by atoms with Gasteiger partial charge >= 0.3 is 0 Å². The van der Waals surface area contributed by atoms with Crippen molar-refractivity contribution < 1.29 is 4.42 Å². The average Bonchev–Trinajstić information content (AvgIpc) is 4.43. The van der Waals surface area contributed by atoms with Crippen LogP contribution < -0.4 is 5.32 Å². The highest BCUT2D eigenvalue weighted by molar-refractivity contribution is 7.25. The molecule has 0 saturated heterocycles. The molecule has 7 heteroatoms. The second kappa shape index (κ2) is 15.8. The smallest absolute Gasteiger partial charge is 0.159 e. The Labute approximate surface area is 438 Å². The Morgan fingerprint density at radius 2 is 1.09 bits per heavy atom. The molecule has 1 aliphatic rings. The molecule has 1 atom stereocenters. The van der Waals surface area contributed by atoms with E-state index in [-0.39, 0.29) is 0 Å². The summed E-state index contributed by atoms with van der Waals surface area (Å²) in [6.45, 7) is 0. The highest BCUT2D eigenvalue weighted by Gasteiger charge is 2.30. The first-order valence-corrected chi connectivity index (χ1v) is 26.6. The molecule has 4 aromatic heterocycles. The summed E-state index contributed by atoms with van der Waals surface area (Å²) in [4.78, 5) is 11.3. The van der Waals surface area contributed by atoms with Crippen LogP contribution in [-0.2, 0) is 0 Å². The third-order valence-corrected chi connectivity index (χ3v) is 17.1. The van der Waals surface area contributed by atoms with Crippen molar-refractivity contribution in [3.63, 3.8) is 0 Å². The van der Waals surface area contributed by atoms with E-state index in [9.17, 15) is 0 Å². The third-order valence-electron chi connectivity index (χ3n) is 15.9. The zero-order valence-electron chi connectivity index (χ0n) is 40.7. The van der Waals surface area contributed by atoms with Gasteiger partial charge in [-0.2, -0.15) is 0 Å². The fourth-order valence-electron chi connectivity index (χ4n) is 12.6. The average molecular weight is 988 g/mol. The molecule has 0 fully saturated rings.